The first-order valence-electron chi connectivity index (χ1n) is 10.4. The van der Waals surface area contributed by atoms with E-state index in [1.165, 1.54) is 0 Å². The molecular formula is C21H26N6O2. The summed E-state index contributed by atoms with van der Waals surface area (Å²) in [6, 6.07) is 9.76. The van der Waals surface area contributed by atoms with E-state index < -0.39 is 0 Å². The third-order valence-electron chi connectivity index (χ3n) is 6.30. The number of nitrogens with one attached hydrogen (secondary N) is 2. The number of aromatic nitrogens is 2. The number of piperazine rings is 1. The molecule has 1 aromatic heterocycles. The zero-order valence-electron chi connectivity index (χ0n) is 16.4. The molecule has 8 heteroatoms. The van der Waals surface area contributed by atoms with Crippen LogP contribution in [0.2, 0.25) is 0 Å². The summed E-state index contributed by atoms with van der Waals surface area (Å²) in [6.45, 7) is 5.05. The van der Waals surface area contributed by atoms with E-state index in [4.69, 9.17) is 0 Å². The smallest absolute Gasteiger partial charge is 0.274 e. The highest BCUT2D eigenvalue weighted by Crippen LogP contribution is 2.25. The molecule has 29 heavy (non-hydrogen) atoms. The fourth-order valence-electron chi connectivity index (χ4n) is 4.66. The van der Waals surface area contributed by atoms with Gasteiger partial charge in [0.25, 0.3) is 5.91 Å². The standard InChI is InChI=1S/C21H26N6O2/c28-20-18(7-9-27(20)15-4-2-1-3-5-15)25-10-12-26(13-11-25)21(29)19-16-14-22-8-6-17(16)23-24-19/h1-5,18,22H,6-14H2,(H,23,24). The van der Waals surface area contributed by atoms with Gasteiger partial charge in [0.1, 0.15) is 0 Å². The van der Waals surface area contributed by atoms with Gasteiger partial charge in [0, 0.05) is 69.2 Å². The molecule has 0 saturated carbocycles. The molecule has 2 fully saturated rings. The minimum absolute atomic E-state index is 0.00508. The minimum Gasteiger partial charge on any atom is -0.335 e. The number of H-pyrrole nitrogens is 1. The van der Waals surface area contributed by atoms with Gasteiger partial charge in [-0.15, -0.1) is 0 Å². The second kappa shape index (κ2) is 7.61. The second-order valence-electron chi connectivity index (χ2n) is 7.91. The number of fused-ring (bicyclic) bond motifs is 1. The van der Waals surface area contributed by atoms with Gasteiger partial charge in [-0.2, -0.15) is 5.10 Å². The Morgan fingerprint density at radius 3 is 2.66 bits per heavy atom. The van der Waals surface area contributed by atoms with Crippen LogP contribution < -0.4 is 10.2 Å². The molecule has 1 aromatic carbocycles. The molecule has 8 nitrogen and oxygen atoms in total. The van der Waals surface area contributed by atoms with Crippen molar-refractivity contribution in [3.05, 3.63) is 47.3 Å². The largest absolute Gasteiger partial charge is 0.335 e. The summed E-state index contributed by atoms with van der Waals surface area (Å²) in [5.41, 5.74) is 3.59. The van der Waals surface area contributed by atoms with Crippen LogP contribution in [0.1, 0.15) is 28.2 Å². The zero-order chi connectivity index (χ0) is 19.8. The summed E-state index contributed by atoms with van der Waals surface area (Å²) in [7, 11) is 0. The van der Waals surface area contributed by atoms with Crippen LogP contribution in [0.15, 0.2) is 30.3 Å². The molecule has 0 bridgehead atoms. The van der Waals surface area contributed by atoms with Crippen LogP contribution in [0.5, 0.6) is 0 Å². The topological polar surface area (TPSA) is 84.6 Å². The van der Waals surface area contributed by atoms with Crippen LogP contribution in [-0.4, -0.2) is 77.1 Å². The van der Waals surface area contributed by atoms with Crippen LogP contribution >= 0.6 is 0 Å². The first-order valence-corrected chi connectivity index (χ1v) is 10.4. The number of rotatable bonds is 3. The first kappa shape index (κ1) is 18.3. The van der Waals surface area contributed by atoms with Crippen molar-refractivity contribution in [3.8, 4) is 0 Å². The highest BCUT2D eigenvalue weighted by molar-refractivity contribution is 5.99. The van der Waals surface area contributed by atoms with E-state index in [1.54, 1.807) is 0 Å². The highest BCUT2D eigenvalue weighted by atomic mass is 16.2. The predicted molar refractivity (Wildman–Crippen MR) is 109 cm³/mol. The van der Waals surface area contributed by atoms with Gasteiger partial charge in [-0.3, -0.25) is 19.6 Å². The molecule has 2 saturated heterocycles. The maximum atomic E-state index is 13.0. The fraction of sp³-hybridized carbons (Fsp3) is 0.476. The predicted octanol–water partition coefficient (Wildman–Crippen LogP) is 0.619. The van der Waals surface area contributed by atoms with Crippen LogP contribution in [0.3, 0.4) is 0 Å². The summed E-state index contributed by atoms with van der Waals surface area (Å²) in [4.78, 5) is 31.9. The number of anilines is 1. The molecule has 2 amide bonds. The van der Waals surface area contributed by atoms with E-state index in [0.717, 1.165) is 56.0 Å². The third kappa shape index (κ3) is 3.32. The second-order valence-corrected chi connectivity index (χ2v) is 7.91. The average molecular weight is 394 g/mol. The summed E-state index contributed by atoms with van der Waals surface area (Å²) in [6.07, 6.45) is 1.71. The fourth-order valence-corrected chi connectivity index (χ4v) is 4.66. The van der Waals surface area contributed by atoms with Gasteiger partial charge in [-0.25, -0.2) is 0 Å². The molecule has 152 valence electrons. The van der Waals surface area contributed by atoms with Crippen molar-refractivity contribution in [3.63, 3.8) is 0 Å². The van der Waals surface area contributed by atoms with Crippen molar-refractivity contribution in [2.45, 2.75) is 25.4 Å². The van der Waals surface area contributed by atoms with Gasteiger partial charge in [0.15, 0.2) is 5.69 Å². The van der Waals surface area contributed by atoms with Crippen molar-refractivity contribution in [1.29, 1.82) is 0 Å². The van der Waals surface area contributed by atoms with Crippen LogP contribution in [0.4, 0.5) is 5.69 Å². The van der Waals surface area contributed by atoms with Gasteiger partial charge in [-0.1, -0.05) is 18.2 Å². The Labute approximate surface area is 169 Å². The number of aromatic amines is 1. The Morgan fingerprint density at radius 2 is 1.86 bits per heavy atom. The zero-order valence-corrected chi connectivity index (χ0v) is 16.4. The third-order valence-corrected chi connectivity index (χ3v) is 6.30. The quantitative estimate of drug-likeness (QED) is 0.797. The Morgan fingerprint density at radius 1 is 1.07 bits per heavy atom. The number of carbonyl (C=O) groups is 2. The van der Waals surface area contributed by atoms with E-state index in [1.807, 2.05) is 40.1 Å². The number of para-hydroxylation sites is 1. The Balaban J connectivity index is 1.21. The van der Waals surface area contributed by atoms with E-state index in [2.05, 4.69) is 20.4 Å². The van der Waals surface area contributed by atoms with E-state index >= 15 is 0 Å². The molecule has 0 radical (unpaired) electrons. The maximum Gasteiger partial charge on any atom is 0.274 e. The molecule has 3 aliphatic rings. The van der Waals surface area contributed by atoms with Crippen molar-refractivity contribution in [1.82, 2.24) is 25.3 Å². The summed E-state index contributed by atoms with van der Waals surface area (Å²) >= 11 is 0. The molecule has 5 rings (SSSR count). The molecular weight excluding hydrogens is 368 g/mol. The van der Waals surface area contributed by atoms with Gasteiger partial charge in [0.05, 0.1) is 6.04 Å². The molecule has 1 atom stereocenters. The number of amides is 2. The van der Waals surface area contributed by atoms with Crippen LogP contribution in [0, 0.1) is 0 Å². The van der Waals surface area contributed by atoms with E-state index in [0.29, 0.717) is 25.3 Å². The lowest BCUT2D eigenvalue weighted by Crippen LogP contribution is -2.54. The molecule has 3 aliphatic heterocycles. The maximum absolute atomic E-state index is 13.0. The first-order chi connectivity index (χ1) is 14.2. The van der Waals surface area contributed by atoms with Crippen molar-refractivity contribution in [2.75, 3.05) is 44.2 Å². The van der Waals surface area contributed by atoms with Gasteiger partial charge >= 0.3 is 0 Å². The Bertz CT molecular complexity index is 903. The molecule has 0 spiro atoms. The van der Waals surface area contributed by atoms with E-state index in [9.17, 15) is 9.59 Å². The monoisotopic (exact) mass is 394 g/mol. The Hall–Kier alpha value is -2.71. The highest BCUT2D eigenvalue weighted by Gasteiger charge is 2.38. The van der Waals surface area contributed by atoms with Gasteiger partial charge < -0.3 is 15.1 Å². The van der Waals surface area contributed by atoms with Crippen molar-refractivity contribution in [2.24, 2.45) is 0 Å². The van der Waals surface area contributed by atoms with Gasteiger partial charge in [0.2, 0.25) is 5.91 Å². The SMILES string of the molecule is O=C(c1n[nH]c2c1CNCC2)N1CCN(C2CCN(c3ccccc3)C2=O)CC1. The number of hydrogen-bond donors (Lipinski definition) is 2. The van der Waals surface area contributed by atoms with Crippen molar-refractivity contribution < 1.29 is 9.59 Å². The molecule has 0 aliphatic carbocycles. The lowest BCUT2D eigenvalue weighted by molar-refractivity contribution is -0.122. The molecule has 1 unspecified atom stereocenters. The number of hydrogen-bond acceptors (Lipinski definition) is 5. The molecule has 2 aromatic rings. The number of benzene rings is 1. The number of nitrogens with zero attached hydrogens (tertiary/aromatic N) is 4. The van der Waals surface area contributed by atoms with Crippen LogP contribution in [-0.2, 0) is 17.8 Å². The summed E-state index contributed by atoms with van der Waals surface area (Å²) in [5.74, 6) is 0.165. The Kier molecular flexibility index (Phi) is 4.81. The minimum atomic E-state index is -0.0881. The van der Waals surface area contributed by atoms with Crippen LogP contribution in [0.25, 0.3) is 0 Å². The lowest BCUT2D eigenvalue weighted by Gasteiger charge is -2.37. The summed E-state index contributed by atoms with van der Waals surface area (Å²) in [5, 5.41) is 10.6. The molecule has 4 heterocycles. The normalized spacial score (nSPS) is 22.8. The average Bonchev–Trinajstić information content (AvgIpc) is 3.38. The van der Waals surface area contributed by atoms with Gasteiger partial charge in [-0.05, 0) is 18.6 Å². The lowest BCUT2D eigenvalue weighted by atomic mass is 10.1. The molecule has 2 N–H and O–H groups in total. The van der Waals surface area contributed by atoms with E-state index in [-0.39, 0.29) is 17.9 Å². The summed E-state index contributed by atoms with van der Waals surface area (Å²) < 4.78 is 0. The number of carbonyl (C=O) groups excluding carboxylic acids is 2. The van der Waals surface area contributed by atoms with Crippen molar-refractivity contribution >= 4 is 17.5 Å².